The van der Waals surface area contributed by atoms with Crippen molar-refractivity contribution >= 4 is 45.6 Å². The topological polar surface area (TPSA) is 89.1 Å². The highest BCUT2D eigenvalue weighted by molar-refractivity contribution is 7.16. The van der Waals surface area contributed by atoms with Crippen LogP contribution in [0.5, 0.6) is 11.5 Å². The Morgan fingerprint density at radius 2 is 1.97 bits per heavy atom. The number of rotatable bonds is 8. The average molecular weight is 530 g/mol. The zero-order valence-electron chi connectivity index (χ0n) is 20.4. The second-order valence-corrected chi connectivity index (χ2v) is 9.62. The highest BCUT2D eigenvalue weighted by Gasteiger charge is 2.30. The number of methoxy groups -OCH3 is 2. The maximum atomic E-state index is 13.6. The monoisotopic (exact) mass is 529 g/mol. The molecule has 1 aliphatic rings. The minimum atomic E-state index is -0.350. The van der Waals surface area contributed by atoms with E-state index in [1.54, 1.807) is 37.1 Å². The summed E-state index contributed by atoms with van der Waals surface area (Å²) in [7, 11) is 3.16. The molecule has 0 fully saturated rings. The van der Waals surface area contributed by atoms with Crippen molar-refractivity contribution in [2.45, 2.75) is 26.4 Å². The third-order valence-electron chi connectivity index (χ3n) is 5.81. The molecule has 2 amide bonds. The van der Waals surface area contributed by atoms with Crippen molar-refractivity contribution in [3.05, 3.63) is 69.1 Å². The van der Waals surface area contributed by atoms with E-state index >= 15 is 0 Å². The van der Waals surface area contributed by atoms with Crippen LogP contribution in [0.3, 0.4) is 0 Å². The van der Waals surface area contributed by atoms with Crippen molar-refractivity contribution in [2.75, 3.05) is 38.0 Å². The molecule has 0 atom stereocenters. The fourth-order valence-electron chi connectivity index (χ4n) is 4.07. The van der Waals surface area contributed by atoms with Gasteiger partial charge in [-0.05, 0) is 54.8 Å². The lowest BCUT2D eigenvalue weighted by molar-refractivity contribution is 0.102. The molecule has 0 unspecified atom stereocenters. The molecule has 4 rings (SSSR count). The predicted molar refractivity (Wildman–Crippen MR) is 142 cm³/mol. The van der Waals surface area contributed by atoms with Crippen LogP contribution in [-0.2, 0) is 24.2 Å². The minimum absolute atomic E-state index is 0.272. The Bertz CT molecular complexity index is 1260. The average Bonchev–Trinajstić information content (AvgIpc) is 3.25. The van der Waals surface area contributed by atoms with E-state index in [1.165, 1.54) is 18.4 Å². The van der Waals surface area contributed by atoms with Gasteiger partial charge in [0, 0.05) is 23.0 Å². The standard InChI is InChI=1S/C26H28ClN3O5S/c1-4-35-26(32)30-11-10-19-22(15-30)36-25(28-14-16-6-5-7-18(12-16)33-2)23(19)24(31)29-20-13-17(27)8-9-21(20)34-3/h5-9,12-13,28H,4,10-11,14-15H2,1-3H3,(H,29,31). The molecule has 1 aromatic heterocycles. The fourth-order valence-corrected chi connectivity index (χ4v) is 5.49. The summed E-state index contributed by atoms with van der Waals surface area (Å²) in [6.07, 6.45) is 0.193. The van der Waals surface area contributed by atoms with Gasteiger partial charge in [-0.25, -0.2) is 4.79 Å². The van der Waals surface area contributed by atoms with Gasteiger partial charge < -0.3 is 29.7 Å². The van der Waals surface area contributed by atoms with Crippen molar-refractivity contribution in [3.8, 4) is 11.5 Å². The molecule has 0 aliphatic carbocycles. The summed E-state index contributed by atoms with van der Waals surface area (Å²) >= 11 is 7.64. The molecule has 10 heteroatoms. The number of carbonyl (C=O) groups excluding carboxylic acids is 2. The number of benzene rings is 2. The Morgan fingerprint density at radius 3 is 2.72 bits per heavy atom. The van der Waals surface area contributed by atoms with E-state index in [-0.39, 0.29) is 12.0 Å². The van der Waals surface area contributed by atoms with Crippen LogP contribution in [0.25, 0.3) is 0 Å². The second kappa shape index (κ2) is 11.5. The van der Waals surface area contributed by atoms with Crippen molar-refractivity contribution in [1.29, 1.82) is 0 Å². The van der Waals surface area contributed by atoms with E-state index in [0.29, 0.717) is 54.7 Å². The number of fused-ring (bicyclic) bond motifs is 1. The number of anilines is 2. The van der Waals surface area contributed by atoms with Gasteiger partial charge in [0.25, 0.3) is 5.91 Å². The molecule has 2 heterocycles. The summed E-state index contributed by atoms with van der Waals surface area (Å²) in [5, 5.41) is 7.60. The summed E-state index contributed by atoms with van der Waals surface area (Å²) in [4.78, 5) is 28.5. The van der Waals surface area contributed by atoms with Gasteiger partial charge in [-0.2, -0.15) is 0 Å². The fraction of sp³-hybridized carbons (Fsp3) is 0.308. The maximum absolute atomic E-state index is 13.6. The molecule has 2 N–H and O–H groups in total. The third-order valence-corrected chi connectivity index (χ3v) is 7.22. The Balaban J connectivity index is 1.65. The normalized spacial score (nSPS) is 12.5. The van der Waals surface area contributed by atoms with Gasteiger partial charge in [-0.3, -0.25) is 4.79 Å². The van der Waals surface area contributed by atoms with E-state index < -0.39 is 0 Å². The molecule has 1 aliphatic heterocycles. The van der Waals surface area contributed by atoms with Crippen molar-refractivity contribution in [1.82, 2.24) is 4.90 Å². The summed E-state index contributed by atoms with van der Waals surface area (Å²) < 4.78 is 15.9. The zero-order valence-corrected chi connectivity index (χ0v) is 21.9. The summed E-state index contributed by atoms with van der Waals surface area (Å²) in [6.45, 7) is 3.46. The van der Waals surface area contributed by atoms with E-state index in [1.807, 2.05) is 24.3 Å². The molecule has 36 heavy (non-hydrogen) atoms. The van der Waals surface area contributed by atoms with Gasteiger partial charge in [0.1, 0.15) is 16.5 Å². The highest BCUT2D eigenvalue weighted by atomic mass is 35.5. The molecule has 0 spiro atoms. The van der Waals surface area contributed by atoms with E-state index in [0.717, 1.165) is 26.8 Å². The Morgan fingerprint density at radius 1 is 1.14 bits per heavy atom. The lowest BCUT2D eigenvalue weighted by Crippen LogP contribution is -2.36. The Kier molecular flexibility index (Phi) is 8.22. The number of nitrogens with zero attached hydrogens (tertiary/aromatic N) is 1. The largest absolute Gasteiger partial charge is 0.497 e. The minimum Gasteiger partial charge on any atom is -0.497 e. The maximum Gasteiger partial charge on any atom is 0.410 e. The quantitative estimate of drug-likeness (QED) is 0.383. The van der Waals surface area contributed by atoms with Gasteiger partial charge in [0.05, 0.1) is 38.6 Å². The molecule has 0 saturated carbocycles. The number of halogens is 1. The Hall–Kier alpha value is -3.43. The first-order valence-corrected chi connectivity index (χ1v) is 12.7. The van der Waals surface area contributed by atoms with Crippen LogP contribution < -0.4 is 20.1 Å². The van der Waals surface area contributed by atoms with Crippen LogP contribution in [0.2, 0.25) is 5.02 Å². The first-order chi connectivity index (χ1) is 17.4. The van der Waals surface area contributed by atoms with E-state index in [2.05, 4.69) is 10.6 Å². The SMILES string of the molecule is CCOC(=O)N1CCc2c(sc(NCc3cccc(OC)c3)c2C(=O)Nc2cc(Cl)ccc2OC)C1. The molecule has 3 aromatic rings. The molecular formula is C26H28ClN3O5S. The van der Waals surface area contributed by atoms with Gasteiger partial charge >= 0.3 is 6.09 Å². The molecular weight excluding hydrogens is 502 g/mol. The molecule has 0 radical (unpaired) electrons. The second-order valence-electron chi connectivity index (χ2n) is 8.08. The first-order valence-electron chi connectivity index (χ1n) is 11.5. The van der Waals surface area contributed by atoms with Crippen LogP contribution in [0.1, 0.15) is 33.3 Å². The smallest absolute Gasteiger partial charge is 0.410 e. The number of amides is 2. The number of nitrogens with one attached hydrogen (secondary N) is 2. The lowest BCUT2D eigenvalue weighted by atomic mass is 10.0. The number of hydrogen-bond donors (Lipinski definition) is 2. The predicted octanol–water partition coefficient (Wildman–Crippen LogP) is 5.80. The highest BCUT2D eigenvalue weighted by Crippen LogP contribution is 2.39. The van der Waals surface area contributed by atoms with Crippen molar-refractivity contribution in [2.24, 2.45) is 0 Å². The van der Waals surface area contributed by atoms with Crippen LogP contribution in [0.15, 0.2) is 42.5 Å². The summed E-state index contributed by atoms with van der Waals surface area (Å²) in [5.41, 5.74) is 2.98. The number of thiophene rings is 1. The summed E-state index contributed by atoms with van der Waals surface area (Å²) in [6, 6.07) is 12.8. The zero-order chi connectivity index (χ0) is 25.7. The number of carbonyl (C=O) groups is 2. The first kappa shape index (κ1) is 25.7. The van der Waals surface area contributed by atoms with Gasteiger partial charge in [0.15, 0.2) is 0 Å². The van der Waals surface area contributed by atoms with Crippen LogP contribution in [0.4, 0.5) is 15.5 Å². The Labute approximate surface area is 219 Å². The van der Waals surface area contributed by atoms with Crippen LogP contribution in [0, 0.1) is 0 Å². The number of hydrogen-bond acceptors (Lipinski definition) is 7. The van der Waals surface area contributed by atoms with E-state index in [4.69, 9.17) is 25.8 Å². The van der Waals surface area contributed by atoms with Crippen molar-refractivity contribution in [3.63, 3.8) is 0 Å². The number of ether oxygens (including phenoxy) is 3. The molecule has 0 bridgehead atoms. The van der Waals surface area contributed by atoms with Gasteiger partial charge in [-0.15, -0.1) is 11.3 Å². The third kappa shape index (κ3) is 5.68. The van der Waals surface area contributed by atoms with Gasteiger partial charge in [-0.1, -0.05) is 23.7 Å². The molecule has 190 valence electrons. The van der Waals surface area contributed by atoms with Gasteiger partial charge in [0.2, 0.25) is 0 Å². The van der Waals surface area contributed by atoms with Crippen molar-refractivity contribution < 1.29 is 23.8 Å². The molecule has 0 saturated heterocycles. The van der Waals surface area contributed by atoms with E-state index in [9.17, 15) is 9.59 Å². The molecule has 2 aromatic carbocycles. The molecule has 8 nitrogen and oxygen atoms in total. The van der Waals surface area contributed by atoms with Crippen LogP contribution >= 0.6 is 22.9 Å². The lowest BCUT2D eigenvalue weighted by Gasteiger charge is -2.26. The summed E-state index contributed by atoms with van der Waals surface area (Å²) in [5.74, 6) is 0.998. The van der Waals surface area contributed by atoms with Crippen LogP contribution in [-0.4, -0.2) is 44.3 Å².